The van der Waals surface area contributed by atoms with Gasteiger partial charge in [-0.3, -0.25) is 9.78 Å². The molecule has 0 saturated carbocycles. The van der Waals surface area contributed by atoms with Crippen molar-refractivity contribution < 1.29 is 4.79 Å². The van der Waals surface area contributed by atoms with Gasteiger partial charge in [0.1, 0.15) is 0 Å². The number of carbonyl (C=O) groups is 1. The van der Waals surface area contributed by atoms with E-state index in [4.69, 9.17) is 0 Å². The molecule has 1 aromatic carbocycles. The molecule has 0 aliphatic carbocycles. The standard InChI is InChI=1S/C14H12N4OS/c1-15-12-7-16-5-4-10(12)14(19)18-9-2-3-11-13(6-9)20-8-17-11/h2-8,15H,1H3,(H,18,19). The Kier molecular flexibility index (Phi) is 3.30. The van der Waals surface area contributed by atoms with Crippen LogP contribution in [-0.4, -0.2) is 22.9 Å². The summed E-state index contributed by atoms with van der Waals surface area (Å²) in [5, 5.41) is 5.84. The Morgan fingerprint density at radius 2 is 2.20 bits per heavy atom. The van der Waals surface area contributed by atoms with Gasteiger partial charge in [0.2, 0.25) is 0 Å². The minimum atomic E-state index is -0.166. The first-order chi connectivity index (χ1) is 9.78. The smallest absolute Gasteiger partial charge is 0.257 e. The Hall–Kier alpha value is -2.47. The van der Waals surface area contributed by atoms with E-state index in [0.29, 0.717) is 11.3 Å². The maximum Gasteiger partial charge on any atom is 0.257 e. The van der Waals surface area contributed by atoms with Crippen LogP contribution in [-0.2, 0) is 0 Å². The lowest BCUT2D eigenvalue weighted by Crippen LogP contribution is -2.14. The molecule has 6 heteroatoms. The molecule has 0 bridgehead atoms. The quantitative estimate of drug-likeness (QED) is 0.776. The molecule has 0 saturated heterocycles. The Labute approximate surface area is 119 Å². The second-order valence-electron chi connectivity index (χ2n) is 4.16. The molecule has 0 aliphatic rings. The molecule has 2 heterocycles. The van der Waals surface area contributed by atoms with Gasteiger partial charge in [-0.2, -0.15) is 0 Å². The Bertz CT molecular complexity index is 768. The van der Waals surface area contributed by atoms with Gasteiger partial charge in [0.25, 0.3) is 5.91 Å². The van der Waals surface area contributed by atoms with E-state index in [1.165, 1.54) is 0 Å². The highest BCUT2D eigenvalue weighted by Gasteiger charge is 2.11. The van der Waals surface area contributed by atoms with Crippen molar-refractivity contribution in [1.82, 2.24) is 9.97 Å². The zero-order chi connectivity index (χ0) is 13.9. The lowest BCUT2D eigenvalue weighted by molar-refractivity contribution is 0.102. The molecule has 100 valence electrons. The molecule has 2 aromatic heterocycles. The topological polar surface area (TPSA) is 66.9 Å². The van der Waals surface area contributed by atoms with E-state index >= 15 is 0 Å². The van der Waals surface area contributed by atoms with Crippen molar-refractivity contribution in [3.05, 3.63) is 47.7 Å². The van der Waals surface area contributed by atoms with Gasteiger partial charge in [-0.1, -0.05) is 0 Å². The van der Waals surface area contributed by atoms with Crippen molar-refractivity contribution in [3.8, 4) is 0 Å². The Balaban J connectivity index is 1.88. The predicted octanol–water partition coefficient (Wildman–Crippen LogP) is 2.99. The highest BCUT2D eigenvalue weighted by Crippen LogP contribution is 2.23. The van der Waals surface area contributed by atoms with Crippen molar-refractivity contribution in [2.45, 2.75) is 0 Å². The molecule has 20 heavy (non-hydrogen) atoms. The number of fused-ring (bicyclic) bond motifs is 1. The summed E-state index contributed by atoms with van der Waals surface area (Å²) < 4.78 is 1.05. The molecule has 0 unspecified atom stereocenters. The second-order valence-corrected chi connectivity index (χ2v) is 5.05. The fourth-order valence-corrected chi connectivity index (χ4v) is 2.64. The van der Waals surface area contributed by atoms with Gasteiger partial charge in [0.05, 0.1) is 33.2 Å². The van der Waals surface area contributed by atoms with Crippen molar-refractivity contribution >= 4 is 38.8 Å². The molecule has 3 aromatic rings. The molecule has 0 atom stereocenters. The first kappa shape index (κ1) is 12.6. The van der Waals surface area contributed by atoms with Crippen LogP contribution in [0.1, 0.15) is 10.4 Å². The summed E-state index contributed by atoms with van der Waals surface area (Å²) in [6.07, 6.45) is 3.23. The number of hydrogen-bond acceptors (Lipinski definition) is 5. The van der Waals surface area contributed by atoms with E-state index < -0.39 is 0 Å². The molecule has 0 fully saturated rings. The third-order valence-corrected chi connectivity index (χ3v) is 3.72. The van der Waals surface area contributed by atoms with Crippen LogP contribution in [0.5, 0.6) is 0 Å². The number of aromatic nitrogens is 2. The van der Waals surface area contributed by atoms with Crippen LogP contribution in [0.15, 0.2) is 42.2 Å². The Morgan fingerprint density at radius 1 is 1.30 bits per heavy atom. The predicted molar refractivity (Wildman–Crippen MR) is 81.4 cm³/mol. The molecule has 1 amide bonds. The molecule has 2 N–H and O–H groups in total. The average Bonchev–Trinajstić information content (AvgIpc) is 2.94. The van der Waals surface area contributed by atoms with Crippen LogP contribution in [0.3, 0.4) is 0 Å². The third-order valence-electron chi connectivity index (χ3n) is 2.92. The van der Waals surface area contributed by atoms with E-state index in [1.54, 1.807) is 42.4 Å². The number of rotatable bonds is 3. The zero-order valence-corrected chi connectivity index (χ0v) is 11.6. The van der Waals surface area contributed by atoms with Crippen molar-refractivity contribution in [3.63, 3.8) is 0 Å². The summed E-state index contributed by atoms with van der Waals surface area (Å²) in [5.41, 5.74) is 4.74. The van der Waals surface area contributed by atoms with E-state index in [9.17, 15) is 4.79 Å². The summed E-state index contributed by atoms with van der Waals surface area (Å²) >= 11 is 1.55. The molecular weight excluding hydrogens is 272 g/mol. The van der Waals surface area contributed by atoms with Gasteiger partial charge in [-0.25, -0.2) is 4.98 Å². The van der Waals surface area contributed by atoms with Crippen LogP contribution >= 0.6 is 11.3 Å². The van der Waals surface area contributed by atoms with Crippen LogP contribution in [0.2, 0.25) is 0 Å². The fourth-order valence-electron chi connectivity index (χ4n) is 1.92. The first-order valence-corrected chi connectivity index (χ1v) is 6.92. The summed E-state index contributed by atoms with van der Waals surface area (Å²) in [6.45, 7) is 0. The fraction of sp³-hybridized carbons (Fsp3) is 0.0714. The molecule has 3 rings (SSSR count). The minimum absolute atomic E-state index is 0.166. The lowest BCUT2D eigenvalue weighted by Gasteiger charge is -2.09. The maximum absolute atomic E-state index is 12.3. The van der Waals surface area contributed by atoms with Gasteiger partial charge >= 0.3 is 0 Å². The number of thiazole rings is 1. The molecule has 0 radical (unpaired) electrons. The summed E-state index contributed by atoms with van der Waals surface area (Å²) in [4.78, 5) is 20.5. The average molecular weight is 284 g/mol. The molecular formula is C14H12N4OS. The summed E-state index contributed by atoms with van der Waals surface area (Å²) in [5.74, 6) is -0.166. The number of benzene rings is 1. The third kappa shape index (κ3) is 2.33. The van der Waals surface area contributed by atoms with Crippen molar-refractivity contribution in [1.29, 1.82) is 0 Å². The summed E-state index contributed by atoms with van der Waals surface area (Å²) in [6, 6.07) is 7.35. The number of carbonyl (C=O) groups excluding carboxylic acids is 1. The highest BCUT2D eigenvalue weighted by atomic mass is 32.1. The molecule has 5 nitrogen and oxygen atoms in total. The van der Waals surface area contributed by atoms with Gasteiger partial charge in [-0.15, -0.1) is 11.3 Å². The van der Waals surface area contributed by atoms with Crippen LogP contribution in [0.4, 0.5) is 11.4 Å². The maximum atomic E-state index is 12.3. The van der Waals surface area contributed by atoms with Crippen molar-refractivity contribution in [2.75, 3.05) is 17.7 Å². The zero-order valence-electron chi connectivity index (χ0n) is 10.8. The lowest BCUT2D eigenvalue weighted by atomic mass is 10.2. The number of anilines is 2. The van der Waals surface area contributed by atoms with Crippen LogP contribution in [0.25, 0.3) is 10.2 Å². The van der Waals surface area contributed by atoms with Crippen LogP contribution < -0.4 is 10.6 Å². The molecule has 0 spiro atoms. The van der Waals surface area contributed by atoms with E-state index in [2.05, 4.69) is 20.6 Å². The van der Waals surface area contributed by atoms with E-state index in [-0.39, 0.29) is 5.91 Å². The Morgan fingerprint density at radius 3 is 3.05 bits per heavy atom. The minimum Gasteiger partial charge on any atom is -0.386 e. The first-order valence-electron chi connectivity index (χ1n) is 6.04. The van der Waals surface area contributed by atoms with Crippen molar-refractivity contribution in [2.24, 2.45) is 0 Å². The van der Waals surface area contributed by atoms with E-state index in [1.807, 2.05) is 18.2 Å². The number of hydrogen-bond donors (Lipinski definition) is 2. The normalized spacial score (nSPS) is 10.4. The molecule has 0 aliphatic heterocycles. The van der Waals surface area contributed by atoms with Gasteiger partial charge in [0, 0.05) is 18.9 Å². The monoisotopic (exact) mass is 284 g/mol. The number of nitrogens with zero attached hydrogens (tertiary/aromatic N) is 2. The number of amides is 1. The summed E-state index contributed by atoms with van der Waals surface area (Å²) in [7, 11) is 1.76. The number of nitrogens with one attached hydrogen (secondary N) is 2. The highest BCUT2D eigenvalue weighted by molar-refractivity contribution is 7.16. The van der Waals surface area contributed by atoms with E-state index in [0.717, 1.165) is 15.9 Å². The van der Waals surface area contributed by atoms with Gasteiger partial charge in [-0.05, 0) is 24.3 Å². The SMILES string of the molecule is CNc1cnccc1C(=O)Nc1ccc2ncsc2c1. The van der Waals surface area contributed by atoms with Gasteiger partial charge < -0.3 is 10.6 Å². The number of pyridine rings is 1. The largest absolute Gasteiger partial charge is 0.386 e. The van der Waals surface area contributed by atoms with Gasteiger partial charge in [0.15, 0.2) is 0 Å². The van der Waals surface area contributed by atoms with Crippen LogP contribution in [0, 0.1) is 0 Å². The second kappa shape index (κ2) is 5.26.